The summed E-state index contributed by atoms with van der Waals surface area (Å²) in [5.41, 5.74) is 1.73. The lowest BCUT2D eigenvalue weighted by Gasteiger charge is -2.23. The summed E-state index contributed by atoms with van der Waals surface area (Å²) >= 11 is 1.54. The van der Waals surface area contributed by atoms with Crippen LogP contribution in [0, 0.1) is 0 Å². The molecule has 1 aliphatic rings. The molecule has 2 aromatic rings. The fraction of sp³-hybridized carbons (Fsp3) is 0.467. The molecule has 2 aromatic heterocycles. The van der Waals surface area contributed by atoms with Gasteiger partial charge in [0.25, 0.3) is 0 Å². The first kappa shape index (κ1) is 16.0. The molecule has 8 heteroatoms. The summed E-state index contributed by atoms with van der Waals surface area (Å²) in [5.74, 6) is 0.0392. The van der Waals surface area contributed by atoms with Crippen LogP contribution in [0.4, 0.5) is 0 Å². The van der Waals surface area contributed by atoms with Crippen LogP contribution in [0.2, 0.25) is 0 Å². The van der Waals surface area contributed by atoms with Gasteiger partial charge in [-0.1, -0.05) is 0 Å². The van der Waals surface area contributed by atoms with E-state index in [1.165, 1.54) is 11.3 Å². The summed E-state index contributed by atoms with van der Waals surface area (Å²) in [5, 5.41) is 9.04. The van der Waals surface area contributed by atoms with Crippen LogP contribution in [0.3, 0.4) is 0 Å². The van der Waals surface area contributed by atoms with E-state index in [9.17, 15) is 4.79 Å². The van der Waals surface area contributed by atoms with Gasteiger partial charge in [-0.25, -0.2) is 4.98 Å². The van der Waals surface area contributed by atoms with Crippen LogP contribution in [0.25, 0.3) is 10.7 Å². The molecular formula is C15H19N5O2S. The van der Waals surface area contributed by atoms with Crippen molar-refractivity contribution in [3.05, 3.63) is 29.7 Å². The van der Waals surface area contributed by atoms with Crippen LogP contribution in [0.5, 0.6) is 0 Å². The van der Waals surface area contributed by atoms with Crippen LogP contribution in [0.15, 0.2) is 24.0 Å². The molecule has 1 fully saturated rings. The van der Waals surface area contributed by atoms with E-state index in [0.29, 0.717) is 26.0 Å². The minimum absolute atomic E-state index is 0.0392. The van der Waals surface area contributed by atoms with Gasteiger partial charge in [-0.15, -0.1) is 11.3 Å². The largest absolute Gasteiger partial charge is 0.378 e. The molecule has 0 radical (unpaired) electrons. The Morgan fingerprint density at radius 2 is 2.43 bits per heavy atom. The molecule has 3 heterocycles. The first-order valence-corrected chi connectivity index (χ1v) is 8.48. The average molecular weight is 333 g/mol. The van der Waals surface area contributed by atoms with Gasteiger partial charge < -0.3 is 15.4 Å². The van der Waals surface area contributed by atoms with Crippen LogP contribution in [0.1, 0.15) is 12.1 Å². The topological polar surface area (TPSA) is 89.0 Å². The number of aromatic nitrogens is 3. The number of ether oxygens (including phenoxy) is 1. The number of amides is 1. The predicted molar refractivity (Wildman–Crippen MR) is 87.1 cm³/mol. The third-order valence-electron chi connectivity index (χ3n) is 3.47. The smallest absolute Gasteiger partial charge is 0.221 e. The lowest BCUT2D eigenvalue weighted by atomic mass is 10.2. The van der Waals surface area contributed by atoms with Crippen molar-refractivity contribution in [2.75, 3.05) is 26.3 Å². The molecule has 1 aliphatic heterocycles. The van der Waals surface area contributed by atoms with Crippen molar-refractivity contribution in [2.24, 2.45) is 0 Å². The van der Waals surface area contributed by atoms with Gasteiger partial charge in [0, 0.05) is 49.7 Å². The first-order valence-electron chi connectivity index (χ1n) is 7.60. The van der Waals surface area contributed by atoms with Crippen LogP contribution < -0.4 is 10.6 Å². The Morgan fingerprint density at radius 3 is 3.22 bits per heavy atom. The van der Waals surface area contributed by atoms with E-state index in [-0.39, 0.29) is 11.9 Å². The highest BCUT2D eigenvalue weighted by molar-refractivity contribution is 7.13. The van der Waals surface area contributed by atoms with E-state index in [4.69, 9.17) is 4.74 Å². The Hall–Kier alpha value is -1.90. The van der Waals surface area contributed by atoms with Gasteiger partial charge in [0.15, 0.2) is 0 Å². The van der Waals surface area contributed by atoms with Crippen molar-refractivity contribution >= 4 is 17.2 Å². The lowest BCUT2D eigenvalue weighted by molar-refractivity contribution is -0.122. The van der Waals surface area contributed by atoms with E-state index in [1.54, 1.807) is 18.6 Å². The highest BCUT2D eigenvalue weighted by atomic mass is 32.1. The van der Waals surface area contributed by atoms with Gasteiger partial charge in [0.05, 0.1) is 25.1 Å². The molecule has 1 amide bonds. The van der Waals surface area contributed by atoms with Crippen LogP contribution in [-0.2, 0) is 16.0 Å². The SMILES string of the molecule is O=C(C[C@H]1COCCN1)NCCc1csc(-c2cnccn2)n1. The van der Waals surface area contributed by atoms with Gasteiger partial charge in [0.2, 0.25) is 5.91 Å². The number of thiazole rings is 1. The number of morpholine rings is 1. The fourth-order valence-corrected chi connectivity index (χ4v) is 3.14. The quantitative estimate of drug-likeness (QED) is 0.806. The fourth-order valence-electron chi connectivity index (χ4n) is 2.33. The highest BCUT2D eigenvalue weighted by Gasteiger charge is 2.16. The van der Waals surface area contributed by atoms with Crippen molar-refractivity contribution in [1.29, 1.82) is 0 Å². The number of rotatable bonds is 6. The van der Waals surface area contributed by atoms with E-state index < -0.39 is 0 Å². The summed E-state index contributed by atoms with van der Waals surface area (Å²) in [4.78, 5) is 24.7. The van der Waals surface area contributed by atoms with Gasteiger partial charge in [-0.2, -0.15) is 0 Å². The average Bonchev–Trinajstić information content (AvgIpc) is 3.05. The molecule has 0 aromatic carbocycles. The number of hydrogen-bond acceptors (Lipinski definition) is 7. The van der Waals surface area contributed by atoms with Crippen LogP contribution >= 0.6 is 11.3 Å². The summed E-state index contributed by atoms with van der Waals surface area (Å²) in [6, 6.07) is 0.117. The minimum atomic E-state index is 0.0392. The zero-order valence-electron chi connectivity index (χ0n) is 12.7. The molecule has 0 bridgehead atoms. The normalized spacial score (nSPS) is 17.8. The number of hydrogen-bond donors (Lipinski definition) is 2. The number of carbonyl (C=O) groups excluding carboxylic acids is 1. The minimum Gasteiger partial charge on any atom is -0.378 e. The monoisotopic (exact) mass is 333 g/mol. The van der Waals surface area contributed by atoms with Crippen molar-refractivity contribution in [1.82, 2.24) is 25.6 Å². The number of nitrogens with one attached hydrogen (secondary N) is 2. The molecule has 0 saturated carbocycles. The standard InChI is InChI=1S/C15H19N5O2S/c21-14(7-12-9-22-6-5-17-12)19-2-1-11-10-23-15(20-11)13-8-16-3-4-18-13/h3-4,8,10,12,17H,1-2,5-7,9H2,(H,19,21)/t12-/m0/s1. The number of nitrogens with zero attached hydrogens (tertiary/aromatic N) is 3. The molecule has 122 valence electrons. The zero-order valence-corrected chi connectivity index (χ0v) is 13.5. The van der Waals surface area contributed by atoms with Gasteiger partial charge in [-0.05, 0) is 0 Å². The Bertz CT molecular complexity index is 628. The molecule has 3 rings (SSSR count). The molecule has 0 unspecified atom stereocenters. The molecule has 2 N–H and O–H groups in total. The Kier molecular flexibility index (Phi) is 5.62. The maximum Gasteiger partial charge on any atom is 0.221 e. The lowest BCUT2D eigenvalue weighted by Crippen LogP contribution is -2.44. The van der Waals surface area contributed by atoms with Crippen LogP contribution in [-0.4, -0.2) is 53.2 Å². The van der Waals surface area contributed by atoms with Gasteiger partial charge >= 0.3 is 0 Å². The maximum absolute atomic E-state index is 11.9. The molecular weight excluding hydrogens is 314 g/mol. The first-order chi connectivity index (χ1) is 11.3. The van der Waals surface area contributed by atoms with Gasteiger partial charge in [-0.3, -0.25) is 14.8 Å². The Balaban J connectivity index is 1.42. The second-order valence-electron chi connectivity index (χ2n) is 5.26. The maximum atomic E-state index is 11.9. The summed E-state index contributed by atoms with van der Waals surface area (Å²) in [6.07, 6.45) is 6.14. The van der Waals surface area contributed by atoms with E-state index in [2.05, 4.69) is 25.6 Å². The van der Waals surface area contributed by atoms with E-state index >= 15 is 0 Å². The van der Waals surface area contributed by atoms with Crippen molar-refractivity contribution in [3.8, 4) is 10.7 Å². The Morgan fingerprint density at radius 1 is 1.48 bits per heavy atom. The molecule has 1 atom stereocenters. The van der Waals surface area contributed by atoms with Gasteiger partial charge in [0.1, 0.15) is 10.7 Å². The summed E-state index contributed by atoms with van der Waals surface area (Å²) in [6.45, 7) is 2.70. The molecule has 0 aliphatic carbocycles. The van der Waals surface area contributed by atoms with E-state index in [1.807, 2.05) is 5.38 Å². The second kappa shape index (κ2) is 8.09. The molecule has 0 spiro atoms. The molecule has 1 saturated heterocycles. The summed E-state index contributed by atoms with van der Waals surface area (Å²) in [7, 11) is 0. The molecule has 23 heavy (non-hydrogen) atoms. The predicted octanol–water partition coefficient (Wildman–Crippen LogP) is 0.637. The second-order valence-corrected chi connectivity index (χ2v) is 6.12. The zero-order chi connectivity index (χ0) is 15.9. The van der Waals surface area contributed by atoms with Crippen molar-refractivity contribution in [3.63, 3.8) is 0 Å². The third kappa shape index (κ3) is 4.78. The number of carbonyl (C=O) groups is 1. The molecule has 7 nitrogen and oxygen atoms in total. The Labute approximate surface area is 138 Å². The highest BCUT2D eigenvalue weighted by Crippen LogP contribution is 2.20. The summed E-state index contributed by atoms with van der Waals surface area (Å²) < 4.78 is 5.34. The third-order valence-corrected chi connectivity index (χ3v) is 4.38. The van der Waals surface area contributed by atoms with Crippen molar-refractivity contribution < 1.29 is 9.53 Å². The van der Waals surface area contributed by atoms with E-state index in [0.717, 1.165) is 29.5 Å². The van der Waals surface area contributed by atoms with Crippen molar-refractivity contribution in [2.45, 2.75) is 18.9 Å².